The van der Waals surface area contributed by atoms with Crippen LogP contribution in [0.4, 0.5) is 5.69 Å². The average molecular weight is 342 g/mol. The van der Waals surface area contributed by atoms with Crippen LogP contribution >= 0.6 is 15.9 Å². The summed E-state index contributed by atoms with van der Waals surface area (Å²) in [5.41, 5.74) is 1.61. The highest BCUT2D eigenvalue weighted by Gasteiger charge is 2.17. The molecule has 110 valence electrons. The summed E-state index contributed by atoms with van der Waals surface area (Å²) in [5, 5.41) is 2.68. The SMILES string of the molecule is Cc1ccc(NC(=O)COC(=O)CC(C)(C)C)cc1Br. The molecular weight excluding hydrogens is 322 g/mol. The molecule has 1 N–H and O–H groups in total. The van der Waals surface area contributed by atoms with Gasteiger partial charge in [0.2, 0.25) is 0 Å². The first-order valence-electron chi connectivity index (χ1n) is 6.39. The molecule has 0 spiro atoms. The molecule has 5 heteroatoms. The van der Waals surface area contributed by atoms with Crippen molar-refractivity contribution in [1.82, 2.24) is 0 Å². The van der Waals surface area contributed by atoms with Crippen LogP contribution in [0.25, 0.3) is 0 Å². The summed E-state index contributed by atoms with van der Waals surface area (Å²) >= 11 is 3.39. The zero-order valence-corrected chi connectivity index (χ0v) is 13.8. The lowest BCUT2D eigenvalue weighted by Crippen LogP contribution is -2.23. The minimum atomic E-state index is -0.363. The highest BCUT2D eigenvalue weighted by molar-refractivity contribution is 9.10. The number of esters is 1. The van der Waals surface area contributed by atoms with E-state index < -0.39 is 0 Å². The molecule has 20 heavy (non-hydrogen) atoms. The van der Waals surface area contributed by atoms with E-state index in [1.165, 1.54) is 0 Å². The highest BCUT2D eigenvalue weighted by Crippen LogP contribution is 2.21. The minimum Gasteiger partial charge on any atom is -0.456 e. The van der Waals surface area contributed by atoms with Crippen molar-refractivity contribution in [2.75, 3.05) is 11.9 Å². The fraction of sp³-hybridized carbons (Fsp3) is 0.467. The van der Waals surface area contributed by atoms with Gasteiger partial charge in [-0.1, -0.05) is 42.8 Å². The van der Waals surface area contributed by atoms with Gasteiger partial charge in [-0.3, -0.25) is 9.59 Å². The quantitative estimate of drug-likeness (QED) is 0.850. The van der Waals surface area contributed by atoms with Gasteiger partial charge < -0.3 is 10.1 Å². The smallest absolute Gasteiger partial charge is 0.306 e. The molecule has 0 saturated carbocycles. The summed E-state index contributed by atoms with van der Waals surface area (Å²) in [6, 6.07) is 5.50. The van der Waals surface area contributed by atoms with E-state index in [9.17, 15) is 9.59 Å². The monoisotopic (exact) mass is 341 g/mol. The number of benzene rings is 1. The second-order valence-electron chi connectivity index (χ2n) is 5.91. The normalized spacial score (nSPS) is 11.1. The van der Waals surface area contributed by atoms with Gasteiger partial charge in [-0.05, 0) is 30.0 Å². The Bertz CT molecular complexity index is 506. The molecule has 1 aromatic carbocycles. The number of carbonyl (C=O) groups excluding carboxylic acids is 2. The summed E-state index contributed by atoms with van der Waals surface area (Å²) in [7, 11) is 0. The second-order valence-corrected chi connectivity index (χ2v) is 6.76. The summed E-state index contributed by atoms with van der Waals surface area (Å²) in [6.45, 7) is 7.53. The summed E-state index contributed by atoms with van der Waals surface area (Å²) in [5.74, 6) is -0.708. The van der Waals surface area contributed by atoms with Crippen LogP contribution in [-0.2, 0) is 14.3 Å². The van der Waals surface area contributed by atoms with E-state index in [1.807, 2.05) is 39.8 Å². The van der Waals surface area contributed by atoms with Crippen LogP contribution in [0.5, 0.6) is 0 Å². The van der Waals surface area contributed by atoms with E-state index in [0.717, 1.165) is 10.0 Å². The van der Waals surface area contributed by atoms with E-state index >= 15 is 0 Å². The second kappa shape index (κ2) is 6.88. The lowest BCUT2D eigenvalue weighted by Gasteiger charge is -2.16. The van der Waals surface area contributed by atoms with Gasteiger partial charge in [-0.25, -0.2) is 0 Å². The summed E-state index contributed by atoms with van der Waals surface area (Å²) in [6.07, 6.45) is 0.288. The third-order valence-electron chi connectivity index (χ3n) is 2.49. The number of amides is 1. The largest absolute Gasteiger partial charge is 0.456 e. The predicted octanol–water partition coefficient (Wildman–Crippen LogP) is 3.68. The van der Waals surface area contributed by atoms with E-state index in [1.54, 1.807) is 6.07 Å². The third-order valence-corrected chi connectivity index (χ3v) is 3.35. The van der Waals surface area contributed by atoms with Crippen LogP contribution < -0.4 is 5.32 Å². The molecule has 0 aliphatic carbocycles. The molecule has 0 heterocycles. The zero-order valence-electron chi connectivity index (χ0n) is 12.2. The van der Waals surface area contributed by atoms with Crippen LogP contribution in [0.2, 0.25) is 0 Å². The first-order chi connectivity index (χ1) is 9.17. The Morgan fingerprint density at radius 1 is 1.30 bits per heavy atom. The number of carbonyl (C=O) groups is 2. The molecule has 1 aromatic rings. The lowest BCUT2D eigenvalue weighted by molar-refractivity contribution is -0.149. The number of hydrogen-bond acceptors (Lipinski definition) is 3. The van der Waals surface area contributed by atoms with Gasteiger partial charge >= 0.3 is 5.97 Å². The topological polar surface area (TPSA) is 55.4 Å². The molecule has 0 radical (unpaired) electrons. The average Bonchev–Trinajstić information content (AvgIpc) is 2.29. The third kappa shape index (κ3) is 6.19. The zero-order chi connectivity index (χ0) is 15.3. The molecule has 0 fully saturated rings. The maximum atomic E-state index is 11.7. The first-order valence-corrected chi connectivity index (χ1v) is 7.18. The lowest BCUT2D eigenvalue weighted by atomic mass is 9.93. The van der Waals surface area contributed by atoms with Crippen molar-refractivity contribution in [1.29, 1.82) is 0 Å². The van der Waals surface area contributed by atoms with Crippen molar-refractivity contribution in [3.05, 3.63) is 28.2 Å². The molecule has 0 bridgehead atoms. The number of ether oxygens (including phenoxy) is 1. The Hall–Kier alpha value is -1.36. The first kappa shape index (κ1) is 16.7. The van der Waals surface area contributed by atoms with Crippen molar-refractivity contribution in [3.8, 4) is 0 Å². The number of anilines is 1. The number of hydrogen-bond donors (Lipinski definition) is 1. The fourth-order valence-corrected chi connectivity index (χ4v) is 1.88. The van der Waals surface area contributed by atoms with Crippen LogP contribution in [0, 0.1) is 12.3 Å². The number of aryl methyl sites for hydroxylation is 1. The van der Waals surface area contributed by atoms with Gasteiger partial charge in [-0.15, -0.1) is 0 Å². The Morgan fingerprint density at radius 3 is 2.50 bits per heavy atom. The van der Waals surface area contributed by atoms with Gasteiger partial charge in [-0.2, -0.15) is 0 Å². The molecule has 0 aliphatic rings. The van der Waals surface area contributed by atoms with Gasteiger partial charge in [0, 0.05) is 10.2 Å². The Labute approximate surface area is 128 Å². The Balaban J connectivity index is 2.44. The van der Waals surface area contributed by atoms with Crippen molar-refractivity contribution in [2.24, 2.45) is 5.41 Å². The van der Waals surface area contributed by atoms with E-state index in [2.05, 4.69) is 21.2 Å². The van der Waals surface area contributed by atoms with E-state index in [0.29, 0.717) is 5.69 Å². The number of nitrogens with one attached hydrogen (secondary N) is 1. The van der Waals surface area contributed by atoms with Crippen molar-refractivity contribution in [3.63, 3.8) is 0 Å². The summed E-state index contributed by atoms with van der Waals surface area (Å²) in [4.78, 5) is 23.2. The molecule has 1 rings (SSSR count). The fourth-order valence-electron chi connectivity index (χ4n) is 1.50. The van der Waals surface area contributed by atoms with Crippen LogP contribution in [0.15, 0.2) is 22.7 Å². The van der Waals surface area contributed by atoms with Gasteiger partial charge in [0.15, 0.2) is 6.61 Å². The Kier molecular flexibility index (Phi) is 5.74. The van der Waals surface area contributed by atoms with Gasteiger partial charge in [0.25, 0.3) is 5.91 Å². The highest BCUT2D eigenvalue weighted by atomic mass is 79.9. The van der Waals surface area contributed by atoms with E-state index in [4.69, 9.17) is 4.74 Å². The maximum Gasteiger partial charge on any atom is 0.306 e. The van der Waals surface area contributed by atoms with Crippen LogP contribution in [0.3, 0.4) is 0 Å². The van der Waals surface area contributed by atoms with Crippen molar-refractivity contribution in [2.45, 2.75) is 34.1 Å². The maximum absolute atomic E-state index is 11.7. The predicted molar refractivity (Wildman–Crippen MR) is 82.5 cm³/mol. The molecule has 0 aromatic heterocycles. The minimum absolute atomic E-state index is 0.143. The van der Waals surface area contributed by atoms with Crippen LogP contribution in [-0.4, -0.2) is 18.5 Å². The molecule has 0 aliphatic heterocycles. The molecule has 0 saturated heterocycles. The molecule has 1 amide bonds. The molecule has 0 atom stereocenters. The molecule has 4 nitrogen and oxygen atoms in total. The van der Waals surface area contributed by atoms with Crippen molar-refractivity contribution < 1.29 is 14.3 Å². The van der Waals surface area contributed by atoms with Crippen molar-refractivity contribution >= 4 is 33.5 Å². The number of rotatable bonds is 4. The van der Waals surface area contributed by atoms with Crippen LogP contribution in [0.1, 0.15) is 32.8 Å². The van der Waals surface area contributed by atoms with Gasteiger partial charge in [0.1, 0.15) is 0 Å². The standard InChI is InChI=1S/C15H20BrNO3/c1-10-5-6-11(7-12(10)16)17-13(18)9-20-14(19)8-15(2,3)4/h5-7H,8-9H2,1-4H3,(H,17,18). The number of halogens is 1. The molecular formula is C15H20BrNO3. The van der Waals surface area contributed by atoms with E-state index in [-0.39, 0.29) is 30.3 Å². The Morgan fingerprint density at radius 2 is 1.95 bits per heavy atom. The van der Waals surface area contributed by atoms with Gasteiger partial charge in [0.05, 0.1) is 6.42 Å². The summed E-state index contributed by atoms with van der Waals surface area (Å²) < 4.78 is 5.86. The molecule has 0 unspecified atom stereocenters.